The predicted octanol–water partition coefficient (Wildman–Crippen LogP) is 5.07. The number of carboxylic acid groups (broad SMARTS) is 1. The summed E-state index contributed by atoms with van der Waals surface area (Å²) in [6.07, 6.45) is -1.24. The van der Waals surface area contributed by atoms with Crippen molar-refractivity contribution < 1.29 is 18.7 Å². The highest BCUT2D eigenvalue weighted by Crippen LogP contribution is 2.26. The molecule has 0 saturated carbocycles. The number of amides is 1. The molecule has 1 atom stereocenters. The number of halogens is 3. The van der Waals surface area contributed by atoms with Crippen LogP contribution in [0.4, 0.5) is 13.6 Å². The van der Waals surface area contributed by atoms with Crippen molar-refractivity contribution in [3.63, 3.8) is 0 Å². The summed E-state index contributed by atoms with van der Waals surface area (Å²) in [5, 5.41) is 11.5. The second-order valence-electron chi connectivity index (χ2n) is 7.05. The molecule has 2 aromatic rings. The van der Waals surface area contributed by atoms with E-state index in [9.17, 15) is 18.7 Å². The van der Waals surface area contributed by atoms with E-state index in [0.29, 0.717) is 21.4 Å². The van der Waals surface area contributed by atoms with Crippen molar-refractivity contribution in [2.24, 2.45) is 5.41 Å². The quantitative estimate of drug-likeness (QED) is 0.657. The van der Waals surface area contributed by atoms with Gasteiger partial charge in [-0.05, 0) is 78.9 Å². The number of nitrogens with zero attached hydrogens (tertiary/aromatic N) is 1. The third kappa shape index (κ3) is 6.65. The van der Waals surface area contributed by atoms with E-state index >= 15 is 0 Å². The Kier molecular flexibility index (Phi) is 6.55. The lowest BCUT2D eigenvalue weighted by atomic mass is 9.98. The Morgan fingerprint density at radius 2 is 1.89 bits per heavy atom. The summed E-state index contributed by atoms with van der Waals surface area (Å²) in [7, 11) is 0. The van der Waals surface area contributed by atoms with Gasteiger partial charge in [-0.2, -0.15) is 0 Å². The molecule has 0 saturated heterocycles. The minimum absolute atomic E-state index is 0.0305. The summed E-state index contributed by atoms with van der Waals surface area (Å²) in [5.74, 6) is 4.58. The molecule has 1 amide bonds. The van der Waals surface area contributed by atoms with Crippen LogP contribution in [-0.4, -0.2) is 16.2 Å². The lowest BCUT2D eigenvalue weighted by molar-refractivity contribution is 0.189. The molecule has 4 nitrogen and oxygen atoms in total. The standard InChI is InChI=1S/C20H19BrF2N2O2/c1-20(2,3)7-6-15-4-5-16(21)18(24-15)17(25-19(26)27)10-12-8-13(22)11-14(23)9-12/h4-5,8-9,11,17,25H,10H2,1-3H3,(H,26,27). The molecule has 0 fully saturated rings. The number of nitrogens with one attached hydrogen (secondary N) is 1. The second-order valence-corrected chi connectivity index (χ2v) is 7.90. The molecule has 0 aliphatic rings. The average molecular weight is 437 g/mol. The summed E-state index contributed by atoms with van der Waals surface area (Å²) in [5.41, 5.74) is 0.965. The van der Waals surface area contributed by atoms with Gasteiger partial charge in [-0.3, -0.25) is 0 Å². The van der Waals surface area contributed by atoms with Gasteiger partial charge >= 0.3 is 6.09 Å². The topological polar surface area (TPSA) is 62.2 Å². The number of hydrogen-bond acceptors (Lipinski definition) is 2. The van der Waals surface area contributed by atoms with E-state index < -0.39 is 23.8 Å². The number of pyridine rings is 1. The normalized spacial score (nSPS) is 12.1. The minimum atomic E-state index is -1.27. The zero-order valence-corrected chi connectivity index (χ0v) is 16.7. The first-order chi connectivity index (χ1) is 12.5. The number of aromatic nitrogens is 1. The molecule has 2 N–H and O–H groups in total. The molecule has 2 rings (SSSR count). The van der Waals surface area contributed by atoms with Gasteiger partial charge in [-0.15, -0.1) is 0 Å². The fourth-order valence-corrected chi connectivity index (χ4v) is 2.85. The van der Waals surface area contributed by atoms with Gasteiger partial charge in [0.1, 0.15) is 17.3 Å². The van der Waals surface area contributed by atoms with Gasteiger partial charge < -0.3 is 10.4 Å². The lowest BCUT2D eigenvalue weighted by Crippen LogP contribution is -2.29. The Labute approximate surface area is 165 Å². The van der Waals surface area contributed by atoms with Gasteiger partial charge in [0.05, 0.1) is 11.7 Å². The van der Waals surface area contributed by atoms with Crippen molar-refractivity contribution in [3.05, 3.63) is 63.4 Å². The number of hydrogen-bond donors (Lipinski definition) is 2. The molecule has 1 heterocycles. The molecular formula is C20H19BrF2N2O2. The van der Waals surface area contributed by atoms with Gasteiger partial charge in [0.25, 0.3) is 0 Å². The Balaban J connectivity index is 2.43. The van der Waals surface area contributed by atoms with Crippen LogP contribution in [0.1, 0.15) is 43.8 Å². The van der Waals surface area contributed by atoms with Crippen molar-refractivity contribution in [2.45, 2.75) is 33.2 Å². The Bertz CT molecular complexity index is 894. The molecule has 1 aromatic carbocycles. The summed E-state index contributed by atoms with van der Waals surface area (Å²) < 4.78 is 27.5. The largest absolute Gasteiger partial charge is 0.465 e. The van der Waals surface area contributed by atoms with Crippen molar-refractivity contribution in [2.75, 3.05) is 0 Å². The van der Waals surface area contributed by atoms with E-state index in [2.05, 4.69) is 38.1 Å². The first-order valence-corrected chi connectivity index (χ1v) is 8.97. The number of carbonyl (C=O) groups is 1. The van der Waals surface area contributed by atoms with E-state index in [4.69, 9.17) is 0 Å². The maximum absolute atomic E-state index is 13.5. The molecule has 0 radical (unpaired) electrons. The lowest BCUT2D eigenvalue weighted by Gasteiger charge is -2.18. The third-order valence-corrected chi connectivity index (χ3v) is 4.10. The van der Waals surface area contributed by atoms with Crippen molar-refractivity contribution in [3.8, 4) is 11.8 Å². The number of benzene rings is 1. The molecule has 0 aliphatic carbocycles. The van der Waals surface area contributed by atoms with Crippen LogP contribution in [0.15, 0.2) is 34.8 Å². The van der Waals surface area contributed by atoms with E-state index in [0.717, 1.165) is 18.2 Å². The summed E-state index contributed by atoms with van der Waals surface area (Å²) in [6.45, 7) is 5.90. The average Bonchev–Trinajstić information content (AvgIpc) is 2.51. The maximum atomic E-state index is 13.5. The van der Waals surface area contributed by atoms with Crippen molar-refractivity contribution in [1.82, 2.24) is 10.3 Å². The van der Waals surface area contributed by atoms with Gasteiger partial charge in [0.15, 0.2) is 0 Å². The van der Waals surface area contributed by atoms with Crippen molar-refractivity contribution >= 4 is 22.0 Å². The predicted molar refractivity (Wildman–Crippen MR) is 102 cm³/mol. The van der Waals surface area contributed by atoms with E-state index in [1.54, 1.807) is 12.1 Å². The molecule has 7 heteroatoms. The highest BCUT2D eigenvalue weighted by Gasteiger charge is 2.20. The summed E-state index contributed by atoms with van der Waals surface area (Å²) >= 11 is 3.36. The van der Waals surface area contributed by atoms with E-state index in [1.165, 1.54) is 0 Å². The van der Waals surface area contributed by atoms with Crippen LogP contribution >= 0.6 is 15.9 Å². The smallest absolute Gasteiger partial charge is 0.405 e. The first-order valence-electron chi connectivity index (χ1n) is 8.17. The van der Waals surface area contributed by atoms with Crippen molar-refractivity contribution in [1.29, 1.82) is 0 Å². The first kappa shape index (κ1) is 20.8. The number of rotatable bonds is 4. The fourth-order valence-electron chi connectivity index (χ4n) is 2.35. The third-order valence-electron chi connectivity index (χ3n) is 3.43. The van der Waals surface area contributed by atoms with Crippen LogP contribution < -0.4 is 5.32 Å². The molecule has 0 bridgehead atoms. The van der Waals surface area contributed by atoms with Crippen LogP contribution in [0.25, 0.3) is 0 Å². The Morgan fingerprint density at radius 3 is 2.44 bits per heavy atom. The van der Waals surface area contributed by atoms with Gasteiger partial charge in [-0.1, -0.05) is 5.92 Å². The molecule has 1 unspecified atom stereocenters. The van der Waals surface area contributed by atoms with Gasteiger partial charge in [0.2, 0.25) is 0 Å². The Morgan fingerprint density at radius 1 is 1.26 bits per heavy atom. The maximum Gasteiger partial charge on any atom is 0.405 e. The fraction of sp³-hybridized carbons (Fsp3) is 0.300. The molecular weight excluding hydrogens is 418 g/mol. The highest BCUT2D eigenvalue weighted by molar-refractivity contribution is 9.10. The second kappa shape index (κ2) is 8.49. The van der Waals surface area contributed by atoms with Crippen LogP contribution in [0, 0.1) is 28.9 Å². The minimum Gasteiger partial charge on any atom is -0.465 e. The highest BCUT2D eigenvalue weighted by atomic mass is 79.9. The molecule has 0 aliphatic heterocycles. The zero-order chi connectivity index (χ0) is 20.2. The SMILES string of the molecule is CC(C)(C)C#Cc1ccc(Br)c(C(Cc2cc(F)cc(F)c2)NC(=O)O)n1. The molecule has 27 heavy (non-hydrogen) atoms. The molecule has 142 valence electrons. The van der Waals surface area contributed by atoms with E-state index in [1.807, 2.05) is 20.8 Å². The molecule has 1 aromatic heterocycles. The monoisotopic (exact) mass is 436 g/mol. The van der Waals surface area contributed by atoms with Crippen LogP contribution in [0.5, 0.6) is 0 Å². The summed E-state index contributed by atoms with van der Waals surface area (Å²) in [6, 6.07) is 5.71. The van der Waals surface area contributed by atoms with Gasteiger partial charge in [-0.25, -0.2) is 18.6 Å². The summed E-state index contributed by atoms with van der Waals surface area (Å²) in [4.78, 5) is 15.7. The van der Waals surface area contributed by atoms with Crippen LogP contribution in [0.2, 0.25) is 0 Å². The van der Waals surface area contributed by atoms with Crippen LogP contribution in [0.3, 0.4) is 0 Å². The molecule has 0 spiro atoms. The van der Waals surface area contributed by atoms with E-state index in [-0.39, 0.29) is 11.8 Å². The van der Waals surface area contributed by atoms with Crippen LogP contribution in [-0.2, 0) is 6.42 Å². The zero-order valence-electron chi connectivity index (χ0n) is 15.1. The van der Waals surface area contributed by atoms with Gasteiger partial charge in [0, 0.05) is 16.0 Å². The Hall–Kier alpha value is -2.46.